The molecule has 2 spiro atoms. The molecule has 180 valence electrons. The van der Waals surface area contributed by atoms with Crippen LogP contribution < -0.4 is 9.80 Å². The van der Waals surface area contributed by atoms with Gasteiger partial charge in [0.25, 0.3) is 0 Å². The van der Waals surface area contributed by atoms with E-state index in [9.17, 15) is 4.79 Å². The molecule has 4 heterocycles. The number of nitrogens with zero attached hydrogens (tertiary/aromatic N) is 6. The standard InChI is InChI=1S/C26H34N6OS/c1-17-27-23(34-28-17)32-22-9-8-18-14-19(15-26(18,22)32)30-12-10-25(11-13-30)16-31(24(33)29(2)3)21-7-5-4-6-20(21)25/h4-7,18-19,22H,8-16H2,1-3H3. The normalized spacial score (nSPS) is 33.2. The third-order valence-corrected chi connectivity index (χ3v) is 10.5. The number of para-hydroxylation sites is 1. The number of urea groups is 1. The Hall–Kier alpha value is -2.19. The van der Waals surface area contributed by atoms with Gasteiger partial charge in [-0.2, -0.15) is 4.37 Å². The molecule has 2 aliphatic carbocycles. The molecule has 1 aromatic carbocycles. The Kier molecular flexibility index (Phi) is 4.45. The maximum absolute atomic E-state index is 12.9. The van der Waals surface area contributed by atoms with Crippen molar-refractivity contribution in [3.63, 3.8) is 0 Å². The van der Waals surface area contributed by atoms with Gasteiger partial charge in [-0.1, -0.05) is 18.2 Å². The van der Waals surface area contributed by atoms with Crippen molar-refractivity contribution >= 4 is 28.4 Å². The number of hydrogen-bond acceptors (Lipinski definition) is 6. The molecule has 4 fully saturated rings. The molecule has 2 saturated heterocycles. The summed E-state index contributed by atoms with van der Waals surface area (Å²) in [5.41, 5.74) is 2.96. The highest BCUT2D eigenvalue weighted by molar-refractivity contribution is 7.09. The van der Waals surface area contributed by atoms with Crippen LogP contribution in [-0.4, -0.2) is 76.5 Å². The maximum Gasteiger partial charge on any atom is 0.323 e. The number of fused-ring (bicyclic) bond motifs is 2. The molecule has 2 saturated carbocycles. The van der Waals surface area contributed by atoms with E-state index in [4.69, 9.17) is 4.98 Å². The first-order valence-corrected chi connectivity index (χ1v) is 13.6. The fraction of sp³-hybridized carbons (Fsp3) is 0.654. The molecule has 8 heteroatoms. The molecule has 5 aliphatic rings. The largest absolute Gasteiger partial charge is 0.333 e. The van der Waals surface area contributed by atoms with E-state index in [2.05, 4.69) is 38.4 Å². The lowest BCUT2D eigenvalue weighted by Gasteiger charge is -2.42. The Bertz CT molecular complexity index is 1140. The molecule has 4 unspecified atom stereocenters. The number of aromatic nitrogens is 2. The molecule has 1 aromatic heterocycles. The van der Waals surface area contributed by atoms with Crippen LogP contribution in [0.5, 0.6) is 0 Å². The molecule has 2 amide bonds. The second kappa shape index (κ2) is 7.17. The number of amides is 2. The number of carbonyl (C=O) groups is 1. The van der Waals surface area contributed by atoms with Crippen molar-refractivity contribution in [2.24, 2.45) is 5.92 Å². The Morgan fingerprint density at radius 3 is 2.71 bits per heavy atom. The Labute approximate surface area is 205 Å². The highest BCUT2D eigenvalue weighted by Crippen LogP contribution is 2.66. The number of hydrogen-bond donors (Lipinski definition) is 0. The van der Waals surface area contributed by atoms with Gasteiger partial charge in [0.15, 0.2) is 0 Å². The van der Waals surface area contributed by atoms with Gasteiger partial charge in [-0.15, -0.1) is 0 Å². The predicted octanol–water partition coefficient (Wildman–Crippen LogP) is 3.88. The molecule has 34 heavy (non-hydrogen) atoms. The first-order valence-electron chi connectivity index (χ1n) is 12.8. The fourth-order valence-electron chi connectivity index (χ4n) is 8.14. The molecule has 2 aromatic rings. The smallest absolute Gasteiger partial charge is 0.323 e. The summed E-state index contributed by atoms with van der Waals surface area (Å²) in [6.07, 6.45) is 7.60. The van der Waals surface area contributed by atoms with E-state index in [1.807, 2.05) is 25.9 Å². The zero-order chi connectivity index (χ0) is 23.2. The number of benzene rings is 1. The number of aryl methyl sites for hydroxylation is 1. The van der Waals surface area contributed by atoms with Crippen molar-refractivity contribution in [1.82, 2.24) is 19.2 Å². The minimum atomic E-state index is 0.0984. The van der Waals surface area contributed by atoms with Crippen LogP contribution in [0, 0.1) is 12.8 Å². The van der Waals surface area contributed by atoms with Gasteiger partial charge in [0.05, 0.1) is 11.6 Å². The van der Waals surface area contributed by atoms with E-state index < -0.39 is 0 Å². The fourth-order valence-corrected chi connectivity index (χ4v) is 8.95. The van der Waals surface area contributed by atoms with Gasteiger partial charge in [0, 0.05) is 49.3 Å². The van der Waals surface area contributed by atoms with Crippen LogP contribution in [0.25, 0.3) is 0 Å². The molecule has 0 N–H and O–H groups in total. The molecule has 0 radical (unpaired) electrons. The van der Waals surface area contributed by atoms with Crippen molar-refractivity contribution in [3.05, 3.63) is 35.7 Å². The van der Waals surface area contributed by atoms with Gasteiger partial charge >= 0.3 is 6.03 Å². The SMILES string of the molecule is Cc1nsc(N2C3CCC4CC(N5CCC6(CC5)CN(C(=O)N(C)C)c5ccccc56)CC432)n1. The van der Waals surface area contributed by atoms with Crippen molar-refractivity contribution in [2.75, 3.05) is 43.5 Å². The van der Waals surface area contributed by atoms with Crippen LogP contribution in [0.15, 0.2) is 24.3 Å². The number of likely N-dealkylation sites (tertiary alicyclic amines) is 1. The molecule has 7 nitrogen and oxygen atoms in total. The lowest BCUT2D eigenvalue weighted by molar-refractivity contribution is 0.118. The summed E-state index contributed by atoms with van der Waals surface area (Å²) in [6.45, 7) is 5.09. The van der Waals surface area contributed by atoms with E-state index in [-0.39, 0.29) is 11.4 Å². The van der Waals surface area contributed by atoms with Gasteiger partial charge in [0.1, 0.15) is 5.82 Å². The topological polar surface area (TPSA) is 55.6 Å². The highest BCUT2D eigenvalue weighted by atomic mass is 32.1. The molecule has 7 rings (SSSR count). The molecular formula is C26H34N6OS. The van der Waals surface area contributed by atoms with E-state index in [0.29, 0.717) is 17.6 Å². The van der Waals surface area contributed by atoms with Gasteiger partial charge in [-0.3, -0.25) is 4.90 Å². The number of rotatable bonds is 2. The number of anilines is 2. The third-order valence-electron chi connectivity index (χ3n) is 9.72. The summed E-state index contributed by atoms with van der Waals surface area (Å²) in [7, 11) is 3.71. The summed E-state index contributed by atoms with van der Waals surface area (Å²) in [5.74, 6) is 1.72. The van der Waals surface area contributed by atoms with Gasteiger partial charge < -0.3 is 14.7 Å². The second-order valence-corrected chi connectivity index (χ2v) is 12.2. The monoisotopic (exact) mass is 478 g/mol. The predicted molar refractivity (Wildman–Crippen MR) is 135 cm³/mol. The lowest BCUT2D eigenvalue weighted by atomic mass is 9.74. The van der Waals surface area contributed by atoms with Crippen molar-refractivity contribution in [3.8, 4) is 0 Å². The van der Waals surface area contributed by atoms with Crippen molar-refractivity contribution in [2.45, 2.75) is 68.5 Å². The number of carbonyl (C=O) groups excluding carboxylic acids is 1. The first kappa shape index (κ1) is 21.1. The average Bonchev–Trinajstić information content (AvgIpc) is 3.30. The van der Waals surface area contributed by atoms with E-state index in [0.717, 1.165) is 55.0 Å². The van der Waals surface area contributed by atoms with Crippen LogP contribution in [-0.2, 0) is 5.41 Å². The Morgan fingerprint density at radius 1 is 1.18 bits per heavy atom. The van der Waals surface area contributed by atoms with Gasteiger partial charge in [-0.25, -0.2) is 9.78 Å². The molecular weight excluding hydrogens is 444 g/mol. The zero-order valence-corrected chi connectivity index (χ0v) is 21.2. The van der Waals surface area contributed by atoms with Crippen LogP contribution >= 0.6 is 11.5 Å². The van der Waals surface area contributed by atoms with Crippen LogP contribution in [0.1, 0.15) is 49.9 Å². The molecule has 4 atom stereocenters. The summed E-state index contributed by atoms with van der Waals surface area (Å²) < 4.78 is 4.46. The number of piperidine rings is 2. The molecule has 0 bridgehead atoms. The average molecular weight is 479 g/mol. The second-order valence-electron chi connectivity index (χ2n) is 11.5. The van der Waals surface area contributed by atoms with Crippen LogP contribution in [0.3, 0.4) is 0 Å². The lowest BCUT2D eigenvalue weighted by Crippen LogP contribution is -2.49. The van der Waals surface area contributed by atoms with E-state index in [1.165, 1.54) is 31.2 Å². The van der Waals surface area contributed by atoms with Gasteiger partial charge in [0.2, 0.25) is 5.13 Å². The third kappa shape index (κ3) is 2.75. The molecule has 3 aliphatic heterocycles. The summed E-state index contributed by atoms with van der Waals surface area (Å²) in [5, 5.41) is 1.15. The first-order chi connectivity index (χ1) is 16.4. The summed E-state index contributed by atoms with van der Waals surface area (Å²) >= 11 is 1.58. The van der Waals surface area contributed by atoms with E-state index >= 15 is 0 Å². The highest BCUT2D eigenvalue weighted by Gasteiger charge is 2.74. The maximum atomic E-state index is 12.9. The van der Waals surface area contributed by atoms with Crippen molar-refractivity contribution in [1.29, 1.82) is 0 Å². The minimum Gasteiger partial charge on any atom is -0.333 e. The summed E-state index contributed by atoms with van der Waals surface area (Å²) in [4.78, 5) is 26.8. The van der Waals surface area contributed by atoms with Crippen LogP contribution in [0.2, 0.25) is 0 Å². The minimum absolute atomic E-state index is 0.0984. The zero-order valence-electron chi connectivity index (χ0n) is 20.4. The van der Waals surface area contributed by atoms with Gasteiger partial charge in [-0.05, 0) is 76.1 Å². The summed E-state index contributed by atoms with van der Waals surface area (Å²) in [6, 6.07) is 10.1. The van der Waals surface area contributed by atoms with Crippen molar-refractivity contribution < 1.29 is 4.79 Å². The van der Waals surface area contributed by atoms with E-state index in [1.54, 1.807) is 16.4 Å². The Balaban J connectivity index is 1.08. The Morgan fingerprint density at radius 2 is 1.97 bits per heavy atom. The quantitative estimate of drug-likeness (QED) is 0.613. The van der Waals surface area contributed by atoms with Crippen LogP contribution in [0.4, 0.5) is 15.6 Å².